The van der Waals surface area contributed by atoms with Crippen molar-refractivity contribution in [1.82, 2.24) is 9.99 Å². The van der Waals surface area contributed by atoms with Gasteiger partial charge in [0.05, 0.1) is 15.6 Å². The number of carbonyl (C=O) groups is 3. The first kappa shape index (κ1) is 24.6. The molecule has 3 N–H and O–H groups in total. The maximum absolute atomic E-state index is 13.1. The number of hydrogen-bond donors (Lipinski definition) is 3. The normalized spacial score (nSPS) is 10.7. The summed E-state index contributed by atoms with van der Waals surface area (Å²) in [6, 6.07) is 20.7. The Morgan fingerprint density at radius 1 is 0.800 bits per heavy atom. The molecule has 0 saturated heterocycles. The van der Waals surface area contributed by atoms with Crippen molar-refractivity contribution in [3.8, 4) is 0 Å². The van der Waals surface area contributed by atoms with Crippen LogP contribution in [0.3, 0.4) is 0 Å². The van der Waals surface area contributed by atoms with Gasteiger partial charge in [-0.15, -0.1) is 0 Å². The highest BCUT2D eigenvalue weighted by molar-refractivity contribution is 6.42. The summed E-state index contributed by atoms with van der Waals surface area (Å²) in [6.45, 7) is 0.281. The van der Waals surface area contributed by atoms with Gasteiger partial charge in [0.2, 0.25) is 0 Å². The Kier molecular flexibility index (Phi) is 7.60. The molecular formula is C25H19Cl3N4O3. The van der Waals surface area contributed by atoms with Gasteiger partial charge < -0.3 is 10.6 Å². The summed E-state index contributed by atoms with van der Waals surface area (Å²) < 4.78 is 1.25. The van der Waals surface area contributed by atoms with Crippen molar-refractivity contribution in [2.75, 3.05) is 17.3 Å². The van der Waals surface area contributed by atoms with Gasteiger partial charge in [0.25, 0.3) is 5.91 Å². The van der Waals surface area contributed by atoms with Crippen molar-refractivity contribution in [3.05, 3.63) is 99.1 Å². The Labute approximate surface area is 215 Å². The predicted molar refractivity (Wildman–Crippen MR) is 139 cm³/mol. The summed E-state index contributed by atoms with van der Waals surface area (Å²) in [5.41, 5.74) is 4.51. The van der Waals surface area contributed by atoms with Crippen molar-refractivity contribution in [1.29, 1.82) is 0 Å². The first-order valence-corrected chi connectivity index (χ1v) is 11.7. The number of anilines is 1. The highest BCUT2D eigenvalue weighted by Crippen LogP contribution is 2.27. The topological polar surface area (TPSA) is 92.2 Å². The van der Waals surface area contributed by atoms with Crippen LogP contribution >= 0.6 is 34.8 Å². The highest BCUT2D eigenvalue weighted by Gasteiger charge is 2.21. The predicted octanol–water partition coefficient (Wildman–Crippen LogP) is 5.28. The quantitative estimate of drug-likeness (QED) is 0.297. The van der Waals surface area contributed by atoms with Gasteiger partial charge in [0, 0.05) is 22.6 Å². The van der Waals surface area contributed by atoms with E-state index < -0.39 is 17.7 Å². The summed E-state index contributed by atoms with van der Waals surface area (Å²) in [5, 5.41) is 6.97. The third-order valence-corrected chi connectivity index (χ3v) is 6.11. The van der Waals surface area contributed by atoms with E-state index in [1.54, 1.807) is 36.4 Å². The lowest BCUT2D eigenvalue weighted by Crippen LogP contribution is -2.40. The number of amides is 3. The average Bonchev–Trinajstić information content (AvgIpc) is 3.19. The van der Waals surface area contributed by atoms with Crippen LogP contribution in [0, 0.1) is 0 Å². The lowest BCUT2D eigenvalue weighted by atomic mass is 10.1. The molecule has 1 heterocycles. The fraction of sp³-hybridized carbons (Fsp3) is 0.0800. The van der Waals surface area contributed by atoms with Crippen molar-refractivity contribution in [3.63, 3.8) is 0 Å². The van der Waals surface area contributed by atoms with Gasteiger partial charge in [-0.2, -0.15) is 0 Å². The molecule has 4 rings (SSSR count). The van der Waals surface area contributed by atoms with Crippen LogP contribution in [0.25, 0.3) is 10.9 Å². The molecule has 35 heavy (non-hydrogen) atoms. The van der Waals surface area contributed by atoms with Crippen LogP contribution in [0.2, 0.25) is 15.1 Å². The molecule has 10 heteroatoms. The largest absolute Gasteiger partial charge is 0.347 e. The SMILES string of the molecule is O=C(NCCc1ccccc1)C(=O)Nn1c(C(=O)Nc2ccc(Cl)c(Cl)c2)cc2cc(Cl)ccc21. The van der Waals surface area contributed by atoms with Gasteiger partial charge in [-0.25, -0.2) is 4.68 Å². The van der Waals surface area contributed by atoms with Gasteiger partial charge in [-0.05, 0) is 54.4 Å². The molecule has 0 fully saturated rings. The third-order valence-electron chi connectivity index (χ3n) is 5.14. The molecule has 1 aromatic heterocycles. The van der Waals surface area contributed by atoms with Crippen LogP contribution in [0.5, 0.6) is 0 Å². The molecule has 7 nitrogen and oxygen atoms in total. The molecule has 0 aliphatic carbocycles. The zero-order chi connectivity index (χ0) is 24.9. The van der Waals surface area contributed by atoms with Crippen LogP contribution in [0.1, 0.15) is 16.1 Å². The summed E-state index contributed by atoms with van der Waals surface area (Å²) in [7, 11) is 0. The number of rotatable bonds is 6. The molecule has 0 bridgehead atoms. The minimum atomic E-state index is -0.922. The smallest absolute Gasteiger partial charge is 0.328 e. The molecule has 0 radical (unpaired) electrons. The number of benzene rings is 3. The Morgan fingerprint density at radius 2 is 1.57 bits per heavy atom. The second-order valence-electron chi connectivity index (χ2n) is 7.58. The van der Waals surface area contributed by atoms with Gasteiger partial charge in [-0.1, -0.05) is 65.1 Å². The summed E-state index contributed by atoms with van der Waals surface area (Å²) in [5.74, 6) is -2.29. The minimum Gasteiger partial charge on any atom is -0.347 e. The van der Waals surface area contributed by atoms with Gasteiger partial charge >= 0.3 is 11.8 Å². The molecule has 178 valence electrons. The van der Waals surface area contributed by atoms with E-state index >= 15 is 0 Å². The number of halogens is 3. The third kappa shape index (κ3) is 5.95. The molecule has 0 aliphatic heterocycles. The first-order chi connectivity index (χ1) is 16.8. The minimum absolute atomic E-state index is 0.0822. The molecule has 0 aliphatic rings. The van der Waals surface area contributed by atoms with Crippen molar-refractivity contribution >= 4 is 69.1 Å². The molecule has 3 aromatic carbocycles. The van der Waals surface area contributed by atoms with E-state index in [2.05, 4.69) is 16.1 Å². The fourth-order valence-corrected chi connectivity index (χ4v) is 3.92. The second-order valence-corrected chi connectivity index (χ2v) is 8.83. The van der Waals surface area contributed by atoms with E-state index in [0.717, 1.165) is 5.56 Å². The van der Waals surface area contributed by atoms with E-state index in [1.165, 1.54) is 10.7 Å². The van der Waals surface area contributed by atoms with Crippen LogP contribution in [-0.2, 0) is 16.0 Å². The summed E-state index contributed by atoms with van der Waals surface area (Å²) in [4.78, 5) is 38.1. The summed E-state index contributed by atoms with van der Waals surface area (Å²) in [6.07, 6.45) is 0.572. The Morgan fingerprint density at radius 3 is 2.31 bits per heavy atom. The number of fused-ring (bicyclic) bond motifs is 1. The lowest BCUT2D eigenvalue weighted by Gasteiger charge is -2.13. The Bertz CT molecular complexity index is 1420. The van der Waals surface area contributed by atoms with Crippen molar-refractivity contribution in [2.45, 2.75) is 6.42 Å². The molecule has 0 unspecified atom stereocenters. The number of nitrogens with one attached hydrogen (secondary N) is 3. The standard InChI is InChI=1S/C25H19Cl3N4O3/c26-17-6-9-21-16(12-17)13-22(23(33)30-18-7-8-19(27)20(28)14-18)32(21)31-25(35)24(34)29-11-10-15-4-2-1-3-5-15/h1-9,12-14H,10-11H2,(H,29,34)(H,30,33)(H,31,35). The zero-order valence-electron chi connectivity index (χ0n) is 18.1. The molecule has 0 atom stereocenters. The molecule has 0 saturated carbocycles. The van der Waals surface area contributed by atoms with E-state index in [1.807, 2.05) is 30.3 Å². The summed E-state index contributed by atoms with van der Waals surface area (Å²) >= 11 is 18.1. The first-order valence-electron chi connectivity index (χ1n) is 10.5. The van der Waals surface area contributed by atoms with Crippen molar-refractivity contribution < 1.29 is 14.4 Å². The number of carbonyl (C=O) groups excluding carboxylic acids is 3. The molecule has 4 aromatic rings. The molecular weight excluding hydrogens is 511 g/mol. The van der Waals surface area contributed by atoms with Crippen LogP contribution < -0.4 is 16.1 Å². The Balaban J connectivity index is 1.53. The highest BCUT2D eigenvalue weighted by atomic mass is 35.5. The number of hydrogen-bond acceptors (Lipinski definition) is 3. The lowest BCUT2D eigenvalue weighted by molar-refractivity contribution is -0.136. The number of aromatic nitrogens is 1. The van der Waals surface area contributed by atoms with Crippen LogP contribution in [0.4, 0.5) is 5.69 Å². The molecule has 0 spiro atoms. The number of nitrogens with zero attached hydrogens (tertiary/aromatic N) is 1. The van der Waals surface area contributed by atoms with Crippen LogP contribution in [-0.4, -0.2) is 28.9 Å². The van der Waals surface area contributed by atoms with Crippen LogP contribution in [0.15, 0.2) is 72.8 Å². The Hall–Kier alpha value is -3.52. The van der Waals surface area contributed by atoms with Gasteiger partial charge in [0.15, 0.2) is 0 Å². The maximum atomic E-state index is 13.1. The van der Waals surface area contributed by atoms with Crippen molar-refractivity contribution in [2.24, 2.45) is 0 Å². The monoisotopic (exact) mass is 528 g/mol. The average molecular weight is 530 g/mol. The van der Waals surface area contributed by atoms with E-state index in [4.69, 9.17) is 34.8 Å². The van der Waals surface area contributed by atoms with E-state index in [0.29, 0.717) is 33.1 Å². The van der Waals surface area contributed by atoms with E-state index in [9.17, 15) is 14.4 Å². The zero-order valence-corrected chi connectivity index (χ0v) is 20.4. The second kappa shape index (κ2) is 10.8. The van der Waals surface area contributed by atoms with Gasteiger partial charge in [-0.3, -0.25) is 19.8 Å². The van der Waals surface area contributed by atoms with Gasteiger partial charge in [0.1, 0.15) is 5.69 Å². The molecule has 3 amide bonds. The fourth-order valence-electron chi connectivity index (χ4n) is 3.44. The van der Waals surface area contributed by atoms with E-state index in [-0.39, 0.29) is 17.3 Å². The maximum Gasteiger partial charge on any atom is 0.328 e.